The number of rotatable bonds is 3. The SMILES string of the molecule is C=C(C)C(CI)NC. The summed E-state index contributed by atoms with van der Waals surface area (Å²) >= 11 is 2.34. The molecule has 0 aliphatic heterocycles. The maximum Gasteiger partial charge on any atom is 0.0361 e. The molecule has 0 fully saturated rings. The van der Waals surface area contributed by atoms with E-state index in [1.54, 1.807) is 0 Å². The second-order valence-corrected chi connectivity index (χ2v) is 2.72. The summed E-state index contributed by atoms with van der Waals surface area (Å²) in [5.41, 5.74) is 1.21. The second-order valence-electron chi connectivity index (χ2n) is 1.84. The van der Waals surface area contributed by atoms with Crippen LogP contribution in [0.3, 0.4) is 0 Å². The molecule has 2 heteroatoms. The van der Waals surface area contributed by atoms with Gasteiger partial charge in [-0.1, -0.05) is 34.7 Å². The van der Waals surface area contributed by atoms with Gasteiger partial charge in [0.15, 0.2) is 0 Å². The van der Waals surface area contributed by atoms with E-state index in [2.05, 4.69) is 34.5 Å². The number of nitrogens with one attached hydrogen (secondary N) is 1. The van der Waals surface area contributed by atoms with E-state index in [1.165, 1.54) is 5.57 Å². The van der Waals surface area contributed by atoms with Gasteiger partial charge >= 0.3 is 0 Å². The predicted octanol–water partition coefficient (Wildman–Crippen LogP) is 1.59. The summed E-state index contributed by atoms with van der Waals surface area (Å²) in [6, 6.07) is 0.496. The van der Waals surface area contributed by atoms with Gasteiger partial charge in [0, 0.05) is 10.5 Å². The van der Waals surface area contributed by atoms with E-state index in [-0.39, 0.29) is 0 Å². The molecule has 0 aromatic heterocycles. The molecule has 0 saturated carbocycles. The first-order valence-corrected chi connectivity index (χ1v) is 4.13. The van der Waals surface area contributed by atoms with Crippen molar-refractivity contribution in [3.8, 4) is 0 Å². The van der Waals surface area contributed by atoms with Gasteiger partial charge in [0.1, 0.15) is 0 Å². The number of likely N-dealkylation sites (N-methyl/N-ethyl adjacent to an activating group) is 1. The number of halogens is 1. The first kappa shape index (κ1) is 8.43. The Morgan fingerprint density at radius 1 is 1.88 bits per heavy atom. The van der Waals surface area contributed by atoms with Crippen LogP contribution in [0.15, 0.2) is 12.2 Å². The first-order valence-electron chi connectivity index (χ1n) is 2.61. The Balaban J connectivity index is 3.52. The molecule has 48 valence electrons. The maximum atomic E-state index is 3.83. The molecule has 1 nitrogen and oxygen atoms in total. The maximum absolute atomic E-state index is 3.83. The molecular weight excluding hydrogens is 213 g/mol. The third-order valence-corrected chi connectivity index (χ3v) is 1.98. The van der Waals surface area contributed by atoms with Crippen LogP contribution in [0.5, 0.6) is 0 Å². The van der Waals surface area contributed by atoms with Crippen LogP contribution in [-0.2, 0) is 0 Å². The highest BCUT2D eigenvalue weighted by Crippen LogP contribution is 2.00. The normalized spacial score (nSPS) is 13.4. The topological polar surface area (TPSA) is 12.0 Å². The Morgan fingerprint density at radius 3 is 2.38 bits per heavy atom. The summed E-state index contributed by atoms with van der Waals surface area (Å²) < 4.78 is 1.10. The zero-order valence-corrected chi connectivity index (χ0v) is 7.53. The van der Waals surface area contributed by atoms with Gasteiger partial charge in [-0.2, -0.15) is 0 Å². The molecule has 0 aromatic rings. The highest BCUT2D eigenvalue weighted by Gasteiger charge is 2.00. The quantitative estimate of drug-likeness (QED) is 0.437. The Hall–Kier alpha value is 0.430. The van der Waals surface area contributed by atoms with Crippen molar-refractivity contribution in [2.75, 3.05) is 11.5 Å². The highest BCUT2D eigenvalue weighted by atomic mass is 127. The van der Waals surface area contributed by atoms with Crippen molar-refractivity contribution in [2.24, 2.45) is 0 Å². The Morgan fingerprint density at radius 2 is 2.38 bits per heavy atom. The second kappa shape index (κ2) is 4.32. The van der Waals surface area contributed by atoms with E-state index in [0.717, 1.165) is 4.43 Å². The molecule has 0 aliphatic rings. The fourth-order valence-corrected chi connectivity index (χ4v) is 1.65. The minimum atomic E-state index is 0.496. The fourth-order valence-electron chi connectivity index (χ4n) is 0.455. The number of hydrogen-bond donors (Lipinski definition) is 1. The van der Waals surface area contributed by atoms with Gasteiger partial charge in [0.25, 0.3) is 0 Å². The average molecular weight is 225 g/mol. The summed E-state index contributed by atoms with van der Waals surface area (Å²) in [6.07, 6.45) is 0. The lowest BCUT2D eigenvalue weighted by Crippen LogP contribution is -2.27. The molecule has 1 unspecified atom stereocenters. The van der Waals surface area contributed by atoms with Crippen LogP contribution in [0.4, 0.5) is 0 Å². The molecule has 0 aromatic carbocycles. The van der Waals surface area contributed by atoms with Gasteiger partial charge in [-0.3, -0.25) is 0 Å². The van der Waals surface area contributed by atoms with Crippen LogP contribution < -0.4 is 5.32 Å². The van der Waals surface area contributed by atoms with E-state index in [0.29, 0.717) is 6.04 Å². The lowest BCUT2D eigenvalue weighted by atomic mass is 10.2. The molecule has 0 aliphatic carbocycles. The van der Waals surface area contributed by atoms with Crippen LogP contribution in [0.1, 0.15) is 6.92 Å². The molecule has 0 saturated heterocycles. The zero-order valence-electron chi connectivity index (χ0n) is 5.37. The minimum absolute atomic E-state index is 0.496. The molecule has 1 N–H and O–H groups in total. The highest BCUT2D eigenvalue weighted by molar-refractivity contribution is 14.1. The summed E-state index contributed by atoms with van der Waals surface area (Å²) in [5.74, 6) is 0. The van der Waals surface area contributed by atoms with Gasteiger partial charge in [-0.05, 0) is 14.0 Å². The fraction of sp³-hybridized carbons (Fsp3) is 0.667. The summed E-state index contributed by atoms with van der Waals surface area (Å²) in [5, 5.41) is 3.14. The van der Waals surface area contributed by atoms with Crippen LogP contribution in [0, 0.1) is 0 Å². The summed E-state index contributed by atoms with van der Waals surface area (Å²) in [4.78, 5) is 0. The van der Waals surface area contributed by atoms with Crippen LogP contribution in [-0.4, -0.2) is 17.5 Å². The van der Waals surface area contributed by atoms with Crippen molar-refractivity contribution in [1.82, 2.24) is 5.32 Å². The van der Waals surface area contributed by atoms with Gasteiger partial charge in [0.2, 0.25) is 0 Å². The third-order valence-electron chi connectivity index (χ3n) is 1.10. The lowest BCUT2D eigenvalue weighted by molar-refractivity contribution is 0.712. The van der Waals surface area contributed by atoms with Crippen molar-refractivity contribution in [1.29, 1.82) is 0 Å². The average Bonchev–Trinajstić information content (AvgIpc) is 1.69. The molecule has 0 spiro atoms. The number of hydrogen-bond acceptors (Lipinski definition) is 1. The molecule has 0 radical (unpaired) electrons. The summed E-state index contributed by atoms with van der Waals surface area (Å²) in [6.45, 7) is 5.87. The molecule has 0 bridgehead atoms. The van der Waals surface area contributed by atoms with Crippen LogP contribution in [0.2, 0.25) is 0 Å². The van der Waals surface area contributed by atoms with Crippen molar-refractivity contribution < 1.29 is 0 Å². The van der Waals surface area contributed by atoms with Crippen molar-refractivity contribution >= 4 is 22.6 Å². The van der Waals surface area contributed by atoms with E-state index in [1.807, 2.05) is 14.0 Å². The smallest absolute Gasteiger partial charge is 0.0361 e. The van der Waals surface area contributed by atoms with Crippen molar-refractivity contribution in [3.63, 3.8) is 0 Å². The van der Waals surface area contributed by atoms with E-state index in [9.17, 15) is 0 Å². The van der Waals surface area contributed by atoms with Gasteiger partial charge in [-0.25, -0.2) is 0 Å². The molecule has 0 amide bonds. The van der Waals surface area contributed by atoms with Crippen molar-refractivity contribution in [2.45, 2.75) is 13.0 Å². The Labute approximate surface area is 64.7 Å². The third kappa shape index (κ3) is 2.67. The Kier molecular flexibility index (Phi) is 4.56. The molecule has 1 atom stereocenters. The number of alkyl halides is 1. The molecule has 0 rings (SSSR count). The van der Waals surface area contributed by atoms with Crippen molar-refractivity contribution in [3.05, 3.63) is 12.2 Å². The van der Waals surface area contributed by atoms with Gasteiger partial charge in [-0.15, -0.1) is 0 Å². The van der Waals surface area contributed by atoms with Gasteiger partial charge in [0.05, 0.1) is 0 Å². The van der Waals surface area contributed by atoms with E-state index >= 15 is 0 Å². The zero-order chi connectivity index (χ0) is 6.57. The van der Waals surface area contributed by atoms with Crippen LogP contribution >= 0.6 is 22.6 Å². The first-order chi connectivity index (χ1) is 3.72. The standard InChI is InChI=1S/C6H12IN/c1-5(2)6(4-7)8-3/h6,8H,1,4H2,2-3H3. The largest absolute Gasteiger partial charge is 0.313 e. The summed E-state index contributed by atoms with van der Waals surface area (Å²) in [7, 11) is 1.96. The van der Waals surface area contributed by atoms with Crippen LogP contribution in [0.25, 0.3) is 0 Å². The lowest BCUT2D eigenvalue weighted by Gasteiger charge is -2.10. The molecular formula is C6H12IN. The monoisotopic (exact) mass is 225 g/mol. The Bertz CT molecular complexity index is 76.6. The van der Waals surface area contributed by atoms with E-state index in [4.69, 9.17) is 0 Å². The molecule has 8 heavy (non-hydrogen) atoms. The molecule has 0 heterocycles. The predicted molar refractivity (Wildman–Crippen MR) is 46.5 cm³/mol. The van der Waals surface area contributed by atoms with E-state index < -0.39 is 0 Å². The van der Waals surface area contributed by atoms with Gasteiger partial charge < -0.3 is 5.32 Å². The minimum Gasteiger partial charge on any atom is -0.313 e.